The molecule has 0 unspecified atom stereocenters. The monoisotopic (exact) mass is 452 g/mol. The van der Waals surface area contributed by atoms with Crippen molar-refractivity contribution in [2.45, 2.75) is 18.2 Å². The molecule has 0 radical (unpaired) electrons. The van der Waals surface area contributed by atoms with Gasteiger partial charge in [0.25, 0.3) is 15.9 Å². The van der Waals surface area contributed by atoms with Crippen LogP contribution in [0.25, 0.3) is 0 Å². The highest BCUT2D eigenvalue weighted by atomic mass is 32.2. The summed E-state index contributed by atoms with van der Waals surface area (Å²) in [6.45, 7) is 2.35. The molecule has 0 saturated carbocycles. The van der Waals surface area contributed by atoms with Gasteiger partial charge in [0, 0.05) is 23.4 Å². The van der Waals surface area contributed by atoms with Crippen LogP contribution in [0.1, 0.15) is 34.1 Å². The summed E-state index contributed by atoms with van der Waals surface area (Å²) >= 11 is 0. The topological polar surface area (TPSA) is 102 Å². The van der Waals surface area contributed by atoms with Crippen molar-refractivity contribution >= 4 is 27.4 Å². The summed E-state index contributed by atoms with van der Waals surface area (Å²) in [4.78, 5) is 23.6. The fourth-order valence-corrected chi connectivity index (χ4v) is 3.91. The first-order chi connectivity index (χ1) is 15.3. The van der Waals surface area contributed by atoms with E-state index in [0.717, 1.165) is 5.75 Å². The summed E-state index contributed by atoms with van der Waals surface area (Å²) in [6, 6.07) is 21.3. The Balaban J connectivity index is 1.49. The Labute approximate surface area is 187 Å². The van der Waals surface area contributed by atoms with Gasteiger partial charge in [-0.25, -0.2) is 8.42 Å². The molecule has 32 heavy (non-hydrogen) atoms. The van der Waals surface area contributed by atoms with Gasteiger partial charge in [-0.3, -0.25) is 14.3 Å². The molecule has 3 aromatic rings. The van der Waals surface area contributed by atoms with E-state index < -0.39 is 10.0 Å². The summed E-state index contributed by atoms with van der Waals surface area (Å²) in [5.41, 5.74) is 1.18. The molecule has 3 aromatic carbocycles. The fraction of sp³-hybridized carbons (Fsp3) is 0.167. The van der Waals surface area contributed by atoms with Crippen LogP contribution in [0, 0.1) is 0 Å². The van der Waals surface area contributed by atoms with Crippen molar-refractivity contribution in [2.75, 3.05) is 17.9 Å². The molecule has 0 aromatic heterocycles. The van der Waals surface area contributed by atoms with E-state index in [0.29, 0.717) is 36.4 Å². The van der Waals surface area contributed by atoms with E-state index in [-0.39, 0.29) is 16.6 Å². The zero-order valence-corrected chi connectivity index (χ0v) is 18.4. The Kier molecular flexibility index (Phi) is 7.62. The first-order valence-electron chi connectivity index (χ1n) is 10.0. The van der Waals surface area contributed by atoms with Gasteiger partial charge in [-0.2, -0.15) is 0 Å². The number of ether oxygens (including phenoxy) is 1. The van der Waals surface area contributed by atoms with Crippen molar-refractivity contribution in [2.24, 2.45) is 0 Å². The van der Waals surface area contributed by atoms with E-state index in [1.54, 1.807) is 12.1 Å². The molecule has 0 atom stereocenters. The lowest BCUT2D eigenvalue weighted by atomic mass is 10.2. The van der Waals surface area contributed by atoms with E-state index in [9.17, 15) is 18.0 Å². The number of carbonyl (C=O) groups is 2. The third-order valence-corrected chi connectivity index (χ3v) is 5.99. The second-order valence-electron chi connectivity index (χ2n) is 7.03. The minimum atomic E-state index is -3.81. The van der Waals surface area contributed by atoms with Crippen LogP contribution >= 0.6 is 0 Å². The Hall–Kier alpha value is -3.65. The molecular formula is C24H24N2O5S. The third kappa shape index (κ3) is 6.42. The highest BCUT2D eigenvalue weighted by Crippen LogP contribution is 2.17. The third-order valence-electron chi connectivity index (χ3n) is 4.59. The molecule has 0 aliphatic rings. The number of hydrogen-bond donors (Lipinski definition) is 2. The number of Topliss-reactive ketones (excluding diaryl/α,β-unsaturated/α-hetero) is 1. The van der Waals surface area contributed by atoms with Crippen molar-refractivity contribution in [3.05, 3.63) is 90.0 Å². The number of ketones is 1. The SMILES string of the molecule is CC(=O)c1ccc(S(=O)(=O)Nc2ccc(C(=O)NCCCOc3ccccc3)cc2)cc1. The Morgan fingerprint density at radius 1 is 0.844 bits per heavy atom. The van der Waals surface area contributed by atoms with Crippen molar-refractivity contribution in [3.8, 4) is 5.75 Å². The van der Waals surface area contributed by atoms with E-state index in [2.05, 4.69) is 10.0 Å². The van der Waals surface area contributed by atoms with Crippen LogP contribution in [0.2, 0.25) is 0 Å². The lowest BCUT2D eigenvalue weighted by Crippen LogP contribution is -2.25. The summed E-state index contributed by atoms with van der Waals surface area (Å²) in [6.07, 6.45) is 0.654. The van der Waals surface area contributed by atoms with Crippen LogP contribution in [-0.4, -0.2) is 33.3 Å². The van der Waals surface area contributed by atoms with Gasteiger partial charge in [-0.05, 0) is 61.9 Å². The summed E-state index contributed by atoms with van der Waals surface area (Å²) in [5, 5.41) is 2.81. The molecule has 0 aliphatic heterocycles. The van der Waals surface area contributed by atoms with Crippen LogP contribution in [0.15, 0.2) is 83.8 Å². The summed E-state index contributed by atoms with van der Waals surface area (Å²) < 4.78 is 33.1. The molecule has 7 nitrogen and oxygen atoms in total. The molecule has 0 saturated heterocycles. The number of amides is 1. The maximum absolute atomic E-state index is 12.5. The molecule has 2 N–H and O–H groups in total. The lowest BCUT2D eigenvalue weighted by Gasteiger charge is -2.10. The smallest absolute Gasteiger partial charge is 0.261 e. The summed E-state index contributed by atoms with van der Waals surface area (Å²) in [5.74, 6) is 0.394. The molecular weight excluding hydrogens is 428 g/mol. The predicted molar refractivity (Wildman–Crippen MR) is 123 cm³/mol. The number of sulfonamides is 1. The maximum atomic E-state index is 12.5. The van der Waals surface area contributed by atoms with E-state index >= 15 is 0 Å². The van der Waals surface area contributed by atoms with Gasteiger partial charge >= 0.3 is 0 Å². The molecule has 8 heteroatoms. The average molecular weight is 453 g/mol. The van der Waals surface area contributed by atoms with E-state index in [1.165, 1.54) is 43.3 Å². The van der Waals surface area contributed by atoms with Gasteiger partial charge in [0.1, 0.15) is 5.75 Å². The van der Waals surface area contributed by atoms with Crippen LogP contribution in [0.4, 0.5) is 5.69 Å². The number of para-hydroxylation sites is 1. The second kappa shape index (κ2) is 10.6. The number of anilines is 1. The average Bonchev–Trinajstić information content (AvgIpc) is 2.79. The number of nitrogens with one attached hydrogen (secondary N) is 2. The van der Waals surface area contributed by atoms with Crippen LogP contribution in [0.3, 0.4) is 0 Å². The number of benzene rings is 3. The maximum Gasteiger partial charge on any atom is 0.261 e. The quantitative estimate of drug-likeness (QED) is 0.359. The predicted octanol–water partition coefficient (Wildman–Crippen LogP) is 3.89. The zero-order chi connectivity index (χ0) is 23.0. The van der Waals surface area contributed by atoms with Crippen molar-refractivity contribution in [1.29, 1.82) is 0 Å². The van der Waals surface area contributed by atoms with Gasteiger partial charge in [0.15, 0.2) is 5.78 Å². The van der Waals surface area contributed by atoms with Gasteiger partial charge in [-0.15, -0.1) is 0 Å². The molecule has 0 heterocycles. The standard InChI is InChI=1S/C24H24N2O5S/c1-18(27)19-10-14-23(15-11-19)32(29,30)26-21-12-8-20(9-13-21)24(28)25-16-5-17-31-22-6-3-2-4-7-22/h2-4,6-15,26H,5,16-17H2,1H3,(H,25,28). The molecule has 166 valence electrons. The number of hydrogen-bond acceptors (Lipinski definition) is 5. The van der Waals surface area contributed by atoms with Gasteiger partial charge < -0.3 is 10.1 Å². The van der Waals surface area contributed by atoms with Crippen molar-refractivity contribution in [3.63, 3.8) is 0 Å². The lowest BCUT2D eigenvalue weighted by molar-refractivity contribution is 0.0950. The molecule has 0 fully saturated rings. The molecule has 3 rings (SSSR count). The number of rotatable bonds is 10. The normalized spacial score (nSPS) is 10.9. The second-order valence-corrected chi connectivity index (χ2v) is 8.72. The van der Waals surface area contributed by atoms with Gasteiger partial charge in [0.05, 0.1) is 11.5 Å². The minimum absolute atomic E-state index is 0.0436. The minimum Gasteiger partial charge on any atom is -0.494 e. The van der Waals surface area contributed by atoms with Crippen molar-refractivity contribution < 1.29 is 22.7 Å². The van der Waals surface area contributed by atoms with Crippen LogP contribution in [0.5, 0.6) is 5.75 Å². The van der Waals surface area contributed by atoms with E-state index in [4.69, 9.17) is 4.74 Å². The summed E-state index contributed by atoms with van der Waals surface area (Å²) in [7, 11) is -3.81. The highest BCUT2D eigenvalue weighted by Gasteiger charge is 2.15. The van der Waals surface area contributed by atoms with Crippen LogP contribution in [-0.2, 0) is 10.0 Å². The largest absolute Gasteiger partial charge is 0.494 e. The first kappa shape index (κ1) is 23.0. The van der Waals surface area contributed by atoms with E-state index in [1.807, 2.05) is 30.3 Å². The molecule has 0 aliphatic carbocycles. The van der Waals surface area contributed by atoms with Gasteiger partial charge in [-0.1, -0.05) is 30.3 Å². The Bertz CT molecular complexity index is 1160. The molecule has 1 amide bonds. The van der Waals surface area contributed by atoms with Gasteiger partial charge in [0.2, 0.25) is 0 Å². The molecule has 0 spiro atoms. The first-order valence-corrected chi connectivity index (χ1v) is 11.5. The Morgan fingerprint density at radius 2 is 1.47 bits per heavy atom. The fourth-order valence-electron chi connectivity index (χ4n) is 2.86. The number of carbonyl (C=O) groups excluding carboxylic acids is 2. The molecule has 0 bridgehead atoms. The van der Waals surface area contributed by atoms with Crippen molar-refractivity contribution in [1.82, 2.24) is 5.32 Å². The Morgan fingerprint density at radius 3 is 2.09 bits per heavy atom. The zero-order valence-electron chi connectivity index (χ0n) is 17.6. The van der Waals surface area contributed by atoms with Crippen LogP contribution < -0.4 is 14.8 Å². The highest BCUT2D eigenvalue weighted by molar-refractivity contribution is 7.92.